The smallest absolute Gasteiger partial charge is 0.270 e. The van der Waals surface area contributed by atoms with Gasteiger partial charge in [0.1, 0.15) is 0 Å². The summed E-state index contributed by atoms with van der Waals surface area (Å²) in [7, 11) is 0. The number of amides is 1. The van der Waals surface area contributed by atoms with Gasteiger partial charge < -0.3 is 5.32 Å². The zero-order valence-corrected chi connectivity index (χ0v) is 12.9. The van der Waals surface area contributed by atoms with E-state index in [1.54, 1.807) is 0 Å². The van der Waals surface area contributed by atoms with Crippen LogP contribution in [0.4, 0.5) is 5.69 Å². The van der Waals surface area contributed by atoms with E-state index in [-0.39, 0.29) is 28.2 Å². The van der Waals surface area contributed by atoms with E-state index in [1.165, 1.54) is 18.2 Å². The highest BCUT2D eigenvalue weighted by atomic mass is 35.5. The Hall–Kier alpha value is -1.62. The van der Waals surface area contributed by atoms with Crippen molar-refractivity contribution in [1.82, 2.24) is 5.32 Å². The number of nitrogens with zero attached hydrogens (tertiary/aromatic N) is 1. The van der Waals surface area contributed by atoms with Crippen molar-refractivity contribution in [1.29, 1.82) is 0 Å². The highest BCUT2D eigenvalue weighted by molar-refractivity contribution is 6.33. The van der Waals surface area contributed by atoms with Gasteiger partial charge in [0, 0.05) is 18.2 Å². The lowest BCUT2D eigenvalue weighted by Gasteiger charge is -2.33. The first-order valence-electron chi connectivity index (χ1n) is 7.13. The maximum absolute atomic E-state index is 12.3. The van der Waals surface area contributed by atoms with E-state index in [0.717, 1.165) is 19.3 Å². The monoisotopic (exact) mass is 310 g/mol. The molecule has 0 radical (unpaired) electrons. The second-order valence-corrected chi connectivity index (χ2v) is 6.30. The van der Waals surface area contributed by atoms with E-state index in [4.69, 9.17) is 11.6 Å². The number of carbonyl (C=O) groups is 1. The summed E-state index contributed by atoms with van der Waals surface area (Å²) in [6.45, 7) is 4.33. The van der Waals surface area contributed by atoms with E-state index in [2.05, 4.69) is 19.2 Å². The Morgan fingerprint density at radius 3 is 2.71 bits per heavy atom. The van der Waals surface area contributed by atoms with Crippen LogP contribution in [0.5, 0.6) is 0 Å². The minimum absolute atomic E-state index is 0.101. The number of nitro benzene ring substituents is 1. The number of hydrogen-bond donors (Lipinski definition) is 1. The Bertz CT molecular complexity index is 562. The number of halogens is 1. The first-order chi connectivity index (χ1) is 9.88. The fourth-order valence-electron chi connectivity index (χ4n) is 2.93. The molecule has 1 saturated carbocycles. The number of nitro groups is 1. The quantitative estimate of drug-likeness (QED) is 0.681. The molecule has 1 aromatic carbocycles. The number of nitrogens with one attached hydrogen (secondary N) is 1. The Labute approximate surface area is 128 Å². The molecule has 0 saturated heterocycles. The van der Waals surface area contributed by atoms with Crippen molar-refractivity contribution in [2.24, 2.45) is 11.8 Å². The first kappa shape index (κ1) is 15.8. The van der Waals surface area contributed by atoms with Crippen LogP contribution < -0.4 is 5.32 Å². The average Bonchev–Trinajstić information content (AvgIpc) is 2.42. The van der Waals surface area contributed by atoms with Gasteiger partial charge >= 0.3 is 0 Å². The van der Waals surface area contributed by atoms with Crippen LogP contribution in [0.3, 0.4) is 0 Å². The fraction of sp³-hybridized carbons (Fsp3) is 0.533. The molecule has 1 aromatic rings. The molecule has 0 aliphatic heterocycles. The molecule has 3 atom stereocenters. The lowest BCUT2D eigenvalue weighted by molar-refractivity contribution is -0.384. The summed E-state index contributed by atoms with van der Waals surface area (Å²) in [5.41, 5.74) is 0.0338. The summed E-state index contributed by atoms with van der Waals surface area (Å²) >= 11 is 5.99. The highest BCUT2D eigenvalue weighted by Crippen LogP contribution is 2.29. The third-order valence-corrected chi connectivity index (χ3v) is 4.48. The third-order valence-electron chi connectivity index (χ3n) is 4.15. The molecular formula is C15H19ClN2O3. The van der Waals surface area contributed by atoms with Crippen LogP contribution in [0.1, 0.15) is 43.5 Å². The van der Waals surface area contributed by atoms with Crippen LogP contribution >= 0.6 is 11.6 Å². The van der Waals surface area contributed by atoms with Gasteiger partial charge in [0.2, 0.25) is 0 Å². The van der Waals surface area contributed by atoms with Crippen molar-refractivity contribution in [3.8, 4) is 0 Å². The molecule has 0 spiro atoms. The minimum atomic E-state index is -0.530. The van der Waals surface area contributed by atoms with E-state index in [1.807, 2.05) is 0 Å². The molecule has 1 amide bonds. The number of benzene rings is 1. The van der Waals surface area contributed by atoms with Crippen molar-refractivity contribution in [3.63, 3.8) is 0 Å². The van der Waals surface area contributed by atoms with Gasteiger partial charge in [-0.3, -0.25) is 14.9 Å². The van der Waals surface area contributed by atoms with Crippen LogP contribution in [0.25, 0.3) is 0 Å². The second kappa shape index (κ2) is 6.43. The van der Waals surface area contributed by atoms with Crippen molar-refractivity contribution in [2.75, 3.05) is 0 Å². The van der Waals surface area contributed by atoms with Gasteiger partial charge in [-0.05, 0) is 37.2 Å². The molecule has 1 fully saturated rings. The maximum atomic E-state index is 12.3. The molecule has 0 aromatic heterocycles. The van der Waals surface area contributed by atoms with E-state index >= 15 is 0 Å². The maximum Gasteiger partial charge on any atom is 0.270 e. The van der Waals surface area contributed by atoms with Gasteiger partial charge in [-0.1, -0.05) is 25.4 Å². The van der Waals surface area contributed by atoms with Crippen LogP contribution in [0.15, 0.2) is 18.2 Å². The molecule has 5 nitrogen and oxygen atoms in total. The molecule has 3 unspecified atom stereocenters. The normalized spacial score (nSPS) is 25.4. The van der Waals surface area contributed by atoms with E-state index < -0.39 is 4.92 Å². The number of hydrogen-bond acceptors (Lipinski definition) is 3. The van der Waals surface area contributed by atoms with Gasteiger partial charge in [-0.25, -0.2) is 0 Å². The average molecular weight is 311 g/mol. The van der Waals surface area contributed by atoms with Crippen molar-refractivity contribution in [2.45, 2.75) is 39.2 Å². The Kier molecular flexibility index (Phi) is 4.83. The van der Waals surface area contributed by atoms with E-state index in [9.17, 15) is 14.9 Å². The summed E-state index contributed by atoms with van der Waals surface area (Å²) in [4.78, 5) is 22.6. The summed E-state index contributed by atoms with van der Waals surface area (Å²) < 4.78 is 0. The molecule has 0 bridgehead atoms. The standard InChI is InChI=1S/C15H19ClN2O3/c1-9-3-6-14(10(2)7-9)17-15(19)12-8-11(18(20)21)4-5-13(12)16/h4-5,8-10,14H,3,6-7H2,1-2H3,(H,17,19). The molecular weight excluding hydrogens is 292 g/mol. The second-order valence-electron chi connectivity index (χ2n) is 5.90. The molecule has 6 heteroatoms. The zero-order valence-electron chi connectivity index (χ0n) is 12.1. The van der Waals surface area contributed by atoms with Gasteiger partial charge in [0.05, 0.1) is 15.5 Å². The molecule has 0 heterocycles. The lowest BCUT2D eigenvalue weighted by atomic mass is 9.80. The SMILES string of the molecule is CC1CCC(NC(=O)c2cc([N+](=O)[O-])ccc2Cl)C(C)C1. The highest BCUT2D eigenvalue weighted by Gasteiger charge is 2.27. The van der Waals surface area contributed by atoms with Crippen molar-refractivity contribution in [3.05, 3.63) is 38.9 Å². The Balaban J connectivity index is 2.13. The van der Waals surface area contributed by atoms with Crippen LogP contribution in [-0.2, 0) is 0 Å². The molecule has 1 aliphatic rings. The topological polar surface area (TPSA) is 72.2 Å². The van der Waals surface area contributed by atoms with E-state index in [0.29, 0.717) is 11.8 Å². The Morgan fingerprint density at radius 2 is 2.10 bits per heavy atom. The molecule has 21 heavy (non-hydrogen) atoms. The summed E-state index contributed by atoms with van der Waals surface area (Å²) in [5.74, 6) is 0.736. The summed E-state index contributed by atoms with van der Waals surface area (Å²) in [6.07, 6.45) is 3.09. The third kappa shape index (κ3) is 3.73. The van der Waals surface area contributed by atoms with Crippen LogP contribution in [0, 0.1) is 22.0 Å². The molecule has 1 aliphatic carbocycles. The summed E-state index contributed by atoms with van der Waals surface area (Å²) in [5, 5.41) is 14.0. The van der Waals surface area contributed by atoms with Crippen LogP contribution in [0.2, 0.25) is 5.02 Å². The van der Waals surface area contributed by atoms with Gasteiger partial charge in [-0.2, -0.15) is 0 Å². The lowest BCUT2D eigenvalue weighted by Crippen LogP contribution is -2.42. The molecule has 114 valence electrons. The number of carbonyl (C=O) groups excluding carboxylic acids is 1. The Morgan fingerprint density at radius 1 is 1.38 bits per heavy atom. The minimum Gasteiger partial charge on any atom is -0.349 e. The number of rotatable bonds is 3. The van der Waals surface area contributed by atoms with Crippen molar-refractivity contribution >= 4 is 23.2 Å². The van der Waals surface area contributed by atoms with Gasteiger partial charge in [0.15, 0.2) is 0 Å². The van der Waals surface area contributed by atoms with Crippen molar-refractivity contribution < 1.29 is 9.72 Å². The molecule has 2 rings (SSSR count). The first-order valence-corrected chi connectivity index (χ1v) is 7.51. The molecule has 1 N–H and O–H groups in total. The van der Waals surface area contributed by atoms with Gasteiger partial charge in [-0.15, -0.1) is 0 Å². The number of non-ortho nitro benzene ring substituents is 1. The largest absolute Gasteiger partial charge is 0.349 e. The van der Waals surface area contributed by atoms with Gasteiger partial charge in [0.25, 0.3) is 11.6 Å². The summed E-state index contributed by atoms with van der Waals surface area (Å²) in [6, 6.07) is 4.02. The van der Waals surface area contributed by atoms with Crippen LogP contribution in [-0.4, -0.2) is 16.9 Å². The predicted molar refractivity (Wildman–Crippen MR) is 81.5 cm³/mol. The zero-order chi connectivity index (χ0) is 15.6. The fourth-order valence-corrected chi connectivity index (χ4v) is 3.13. The predicted octanol–water partition coefficient (Wildman–Crippen LogP) is 3.80.